The van der Waals surface area contributed by atoms with E-state index in [0.29, 0.717) is 25.3 Å². The quantitative estimate of drug-likeness (QED) is 0.829. The molecule has 0 bridgehead atoms. The van der Waals surface area contributed by atoms with Crippen LogP contribution in [-0.2, 0) is 11.3 Å². The van der Waals surface area contributed by atoms with E-state index in [9.17, 15) is 4.79 Å². The van der Waals surface area contributed by atoms with Crippen LogP contribution in [0.1, 0.15) is 40.9 Å². The second kappa shape index (κ2) is 7.92. The number of rotatable bonds is 4. The SMILES string of the molecule is Cc1ccc(OCc2ccc(C(=O)N3C[C@H](C)O[C@@H](C)C3)cc2)cc1C. The second-order valence-corrected chi connectivity index (χ2v) is 7.20. The van der Waals surface area contributed by atoms with Crippen molar-refractivity contribution in [1.29, 1.82) is 0 Å². The molecule has 2 aromatic carbocycles. The highest BCUT2D eigenvalue weighted by molar-refractivity contribution is 5.94. The zero-order valence-electron chi connectivity index (χ0n) is 16.0. The minimum absolute atomic E-state index is 0.0635. The predicted octanol–water partition coefficient (Wildman–Crippen LogP) is 4.13. The van der Waals surface area contributed by atoms with Gasteiger partial charge >= 0.3 is 0 Å². The van der Waals surface area contributed by atoms with Crippen molar-refractivity contribution in [1.82, 2.24) is 4.90 Å². The second-order valence-electron chi connectivity index (χ2n) is 7.20. The van der Waals surface area contributed by atoms with Crippen molar-refractivity contribution in [3.8, 4) is 5.75 Å². The van der Waals surface area contributed by atoms with E-state index in [2.05, 4.69) is 19.9 Å². The lowest BCUT2D eigenvalue weighted by atomic mass is 10.1. The fourth-order valence-corrected chi connectivity index (χ4v) is 3.24. The highest BCUT2D eigenvalue weighted by atomic mass is 16.5. The summed E-state index contributed by atoms with van der Waals surface area (Å²) in [6.45, 7) is 9.94. The summed E-state index contributed by atoms with van der Waals surface area (Å²) in [5.74, 6) is 0.929. The van der Waals surface area contributed by atoms with E-state index in [4.69, 9.17) is 9.47 Å². The van der Waals surface area contributed by atoms with Gasteiger partial charge < -0.3 is 14.4 Å². The molecule has 0 saturated carbocycles. The minimum Gasteiger partial charge on any atom is -0.489 e. The van der Waals surface area contributed by atoms with Crippen molar-refractivity contribution in [3.05, 3.63) is 64.7 Å². The van der Waals surface area contributed by atoms with Crippen LogP contribution in [-0.4, -0.2) is 36.1 Å². The Bertz CT molecular complexity index is 759. The van der Waals surface area contributed by atoms with Gasteiger partial charge in [0.15, 0.2) is 0 Å². The molecule has 0 aliphatic carbocycles. The van der Waals surface area contributed by atoms with E-state index in [1.165, 1.54) is 11.1 Å². The Morgan fingerprint density at radius 1 is 1.04 bits per heavy atom. The summed E-state index contributed by atoms with van der Waals surface area (Å²) in [6, 6.07) is 13.8. The summed E-state index contributed by atoms with van der Waals surface area (Å²) in [6.07, 6.45) is 0.154. The maximum atomic E-state index is 12.7. The molecule has 2 atom stereocenters. The summed E-state index contributed by atoms with van der Waals surface area (Å²) in [5, 5.41) is 0. The Morgan fingerprint density at radius 3 is 2.31 bits per heavy atom. The van der Waals surface area contributed by atoms with Crippen LogP contribution in [0.25, 0.3) is 0 Å². The molecule has 2 aromatic rings. The molecule has 138 valence electrons. The molecule has 4 heteroatoms. The number of amides is 1. The fourth-order valence-electron chi connectivity index (χ4n) is 3.24. The van der Waals surface area contributed by atoms with Crippen LogP contribution in [0.5, 0.6) is 5.75 Å². The first-order chi connectivity index (χ1) is 12.4. The summed E-state index contributed by atoms with van der Waals surface area (Å²) in [4.78, 5) is 14.6. The van der Waals surface area contributed by atoms with Gasteiger partial charge in [-0.1, -0.05) is 18.2 Å². The van der Waals surface area contributed by atoms with Gasteiger partial charge in [-0.05, 0) is 68.7 Å². The van der Waals surface area contributed by atoms with Crippen LogP contribution in [0.3, 0.4) is 0 Å². The molecule has 4 nitrogen and oxygen atoms in total. The van der Waals surface area contributed by atoms with Gasteiger partial charge in [-0.3, -0.25) is 4.79 Å². The maximum absolute atomic E-state index is 12.7. The highest BCUT2D eigenvalue weighted by Gasteiger charge is 2.26. The molecule has 3 rings (SSSR count). The molecule has 1 fully saturated rings. The van der Waals surface area contributed by atoms with Crippen molar-refractivity contribution in [2.75, 3.05) is 13.1 Å². The molecule has 1 heterocycles. The van der Waals surface area contributed by atoms with Crippen LogP contribution < -0.4 is 4.74 Å². The number of aryl methyl sites for hydroxylation is 2. The lowest BCUT2D eigenvalue weighted by Crippen LogP contribution is -2.48. The van der Waals surface area contributed by atoms with Gasteiger partial charge in [0.25, 0.3) is 5.91 Å². The lowest BCUT2D eigenvalue weighted by Gasteiger charge is -2.35. The number of benzene rings is 2. The molecule has 26 heavy (non-hydrogen) atoms. The van der Waals surface area contributed by atoms with Crippen LogP contribution in [0.15, 0.2) is 42.5 Å². The van der Waals surface area contributed by atoms with Crippen molar-refractivity contribution in [3.63, 3.8) is 0 Å². The van der Waals surface area contributed by atoms with Gasteiger partial charge in [0.1, 0.15) is 12.4 Å². The molecule has 1 aliphatic heterocycles. The maximum Gasteiger partial charge on any atom is 0.254 e. The molecule has 1 saturated heterocycles. The van der Waals surface area contributed by atoms with E-state index in [-0.39, 0.29) is 18.1 Å². The molecular weight excluding hydrogens is 326 g/mol. The number of ether oxygens (including phenoxy) is 2. The number of morpholine rings is 1. The van der Waals surface area contributed by atoms with Crippen LogP contribution >= 0.6 is 0 Å². The minimum atomic E-state index is 0.0635. The molecule has 0 aromatic heterocycles. The Balaban J connectivity index is 1.61. The van der Waals surface area contributed by atoms with Crippen molar-refractivity contribution in [2.24, 2.45) is 0 Å². The smallest absolute Gasteiger partial charge is 0.254 e. The molecule has 1 aliphatic rings. The van der Waals surface area contributed by atoms with E-state index < -0.39 is 0 Å². The van der Waals surface area contributed by atoms with Gasteiger partial charge in [0, 0.05) is 18.7 Å². The Labute approximate surface area is 155 Å². The number of carbonyl (C=O) groups is 1. The standard InChI is InChI=1S/C22H27NO3/c1-15-5-10-21(11-16(15)2)25-14-19-6-8-20(9-7-19)22(24)23-12-17(3)26-18(4)13-23/h5-11,17-18H,12-14H2,1-4H3/t17-,18-/m0/s1. The topological polar surface area (TPSA) is 38.8 Å². The summed E-state index contributed by atoms with van der Waals surface area (Å²) >= 11 is 0. The zero-order valence-corrected chi connectivity index (χ0v) is 16.0. The fraction of sp³-hybridized carbons (Fsp3) is 0.409. The van der Waals surface area contributed by atoms with Gasteiger partial charge in [-0.25, -0.2) is 0 Å². The van der Waals surface area contributed by atoms with Gasteiger partial charge in [-0.15, -0.1) is 0 Å². The van der Waals surface area contributed by atoms with Crippen LogP contribution in [0, 0.1) is 13.8 Å². The molecule has 0 spiro atoms. The monoisotopic (exact) mass is 353 g/mol. The van der Waals surface area contributed by atoms with E-state index >= 15 is 0 Å². The third-order valence-electron chi connectivity index (χ3n) is 4.79. The average Bonchev–Trinajstić information content (AvgIpc) is 2.62. The zero-order chi connectivity index (χ0) is 18.7. The molecule has 0 radical (unpaired) electrons. The lowest BCUT2D eigenvalue weighted by molar-refractivity contribution is -0.0586. The molecule has 1 amide bonds. The van der Waals surface area contributed by atoms with E-state index in [1.54, 1.807) is 0 Å². The van der Waals surface area contributed by atoms with Crippen LogP contribution in [0.4, 0.5) is 0 Å². The van der Waals surface area contributed by atoms with Gasteiger partial charge in [0.2, 0.25) is 0 Å². The number of hydrogen-bond donors (Lipinski definition) is 0. The number of carbonyl (C=O) groups excluding carboxylic acids is 1. The van der Waals surface area contributed by atoms with E-state index in [1.807, 2.05) is 55.1 Å². The summed E-state index contributed by atoms with van der Waals surface area (Å²) in [5.41, 5.74) is 4.23. The highest BCUT2D eigenvalue weighted by Crippen LogP contribution is 2.19. The number of nitrogens with zero attached hydrogens (tertiary/aromatic N) is 1. The first kappa shape index (κ1) is 18.5. The Morgan fingerprint density at radius 2 is 1.69 bits per heavy atom. The molecule has 0 N–H and O–H groups in total. The van der Waals surface area contributed by atoms with Crippen molar-refractivity contribution >= 4 is 5.91 Å². The van der Waals surface area contributed by atoms with Crippen molar-refractivity contribution in [2.45, 2.75) is 46.5 Å². The summed E-state index contributed by atoms with van der Waals surface area (Å²) in [7, 11) is 0. The summed E-state index contributed by atoms with van der Waals surface area (Å²) < 4.78 is 11.6. The average molecular weight is 353 g/mol. The molecular formula is C22H27NO3. The molecule has 0 unspecified atom stereocenters. The first-order valence-electron chi connectivity index (χ1n) is 9.16. The van der Waals surface area contributed by atoms with Crippen molar-refractivity contribution < 1.29 is 14.3 Å². The Kier molecular flexibility index (Phi) is 5.62. The first-order valence-corrected chi connectivity index (χ1v) is 9.16. The van der Waals surface area contributed by atoms with E-state index in [0.717, 1.165) is 11.3 Å². The number of hydrogen-bond acceptors (Lipinski definition) is 3. The Hall–Kier alpha value is -2.33. The largest absolute Gasteiger partial charge is 0.489 e. The van der Waals surface area contributed by atoms with Gasteiger partial charge in [0.05, 0.1) is 12.2 Å². The normalized spacial score (nSPS) is 20.1. The van der Waals surface area contributed by atoms with Gasteiger partial charge in [-0.2, -0.15) is 0 Å². The third kappa shape index (κ3) is 4.44. The van der Waals surface area contributed by atoms with Crippen LogP contribution in [0.2, 0.25) is 0 Å². The third-order valence-corrected chi connectivity index (χ3v) is 4.79. The predicted molar refractivity (Wildman–Crippen MR) is 103 cm³/mol.